The van der Waals surface area contributed by atoms with Gasteiger partial charge >= 0.3 is 0 Å². The van der Waals surface area contributed by atoms with Crippen molar-refractivity contribution >= 4 is 58.6 Å². The van der Waals surface area contributed by atoms with Crippen LogP contribution in [0.1, 0.15) is 84.6 Å². The summed E-state index contributed by atoms with van der Waals surface area (Å²) in [5.74, 6) is -6.77. The zero-order valence-electron chi connectivity index (χ0n) is 34.5. The van der Waals surface area contributed by atoms with Crippen LogP contribution in [-0.2, 0) is 43.8 Å². The van der Waals surface area contributed by atoms with E-state index in [4.69, 9.17) is 0 Å². The normalized spacial score (nSPS) is 18.1. The lowest BCUT2D eigenvalue weighted by Crippen LogP contribution is -2.84. The van der Waals surface area contributed by atoms with Gasteiger partial charge < -0.3 is 0 Å². The summed E-state index contributed by atoms with van der Waals surface area (Å²) in [4.78, 5) is 106. The number of hydrogen-bond acceptors (Lipinski definition) is 8. The maximum absolute atomic E-state index is 13.2. The third-order valence-electron chi connectivity index (χ3n) is 10.9. The van der Waals surface area contributed by atoms with Gasteiger partial charge in [0.05, 0.1) is 16.8 Å². The molecule has 0 bridgehead atoms. The van der Waals surface area contributed by atoms with Crippen molar-refractivity contribution in [2.45, 2.75) is 67.7 Å². The van der Waals surface area contributed by atoms with Gasteiger partial charge in [0.25, 0.3) is 58.1 Å². The molecule has 1 aliphatic carbocycles. The van der Waals surface area contributed by atoms with Crippen LogP contribution in [0.3, 0.4) is 0 Å². The number of hydrogen-bond donors (Lipinski definition) is 0. The number of carbonyl (C=O) groups excluding carboxylic acids is 8. The highest BCUT2D eigenvalue weighted by Gasteiger charge is 2.81. The molecule has 9 rings (SSSR count). The topological polar surface area (TPSA) is 150 Å². The largest absolute Gasteiger partial charge is 0.285 e. The smallest absolute Gasteiger partial charge is 0.282 e. The maximum atomic E-state index is 13.2. The standard InChI is InChI=1S/C38H24N4O8.4C2H6/c1-3-40-30(45)38(31(40)46)34(49)42(35(38)50)23-18-14-21(15-19-23)36(26-10-6-4-8-24(26)25-9-5-7-11-27(25)36)20-12-16-22(17-13-20)41-32(47)37(33(41)48)28(43)39(2)29(37)44;4*1-2/h4-19H,3H2,1-2H3;4*1-2H3. The summed E-state index contributed by atoms with van der Waals surface area (Å²) in [6.45, 7) is 17.7. The van der Waals surface area contributed by atoms with E-state index in [2.05, 4.69) is 0 Å². The van der Waals surface area contributed by atoms with Crippen LogP contribution in [0.25, 0.3) is 11.1 Å². The van der Waals surface area contributed by atoms with Gasteiger partial charge in [-0.3, -0.25) is 48.2 Å². The monoisotopic (exact) mass is 784 g/mol. The Morgan fingerprint density at radius 2 is 0.707 bits per heavy atom. The van der Waals surface area contributed by atoms with Gasteiger partial charge in [0.1, 0.15) is 0 Å². The molecule has 58 heavy (non-hydrogen) atoms. The lowest BCUT2D eigenvalue weighted by molar-refractivity contribution is -0.188. The summed E-state index contributed by atoms with van der Waals surface area (Å²) in [5.41, 5.74) is 0.270. The van der Waals surface area contributed by atoms with Gasteiger partial charge in [-0.05, 0) is 64.6 Å². The van der Waals surface area contributed by atoms with E-state index < -0.39 is 63.5 Å². The van der Waals surface area contributed by atoms with E-state index in [1.54, 1.807) is 55.5 Å². The third-order valence-corrected chi connectivity index (χ3v) is 10.9. The van der Waals surface area contributed by atoms with Crippen molar-refractivity contribution in [2.24, 2.45) is 10.8 Å². The van der Waals surface area contributed by atoms with Crippen molar-refractivity contribution in [3.63, 3.8) is 0 Å². The van der Waals surface area contributed by atoms with Crippen molar-refractivity contribution in [1.82, 2.24) is 9.80 Å². The minimum absolute atomic E-state index is 0.0725. The van der Waals surface area contributed by atoms with E-state index in [-0.39, 0.29) is 17.9 Å². The first kappa shape index (κ1) is 42.6. The van der Waals surface area contributed by atoms with Crippen molar-refractivity contribution < 1.29 is 38.4 Å². The molecule has 0 saturated carbocycles. The molecule has 4 aromatic carbocycles. The second kappa shape index (κ2) is 15.8. The van der Waals surface area contributed by atoms with E-state index >= 15 is 0 Å². The van der Waals surface area contributed by atoms with Gasteiger partial charge in [0.2, 0.25) is 0 Å². The fourth-order valence-corrected chi connectivity index (χ4v) is 8.33. The molecule has 12 nitrogen and oxygen atoms in total. The third kappa shape index (κ3) is 4.93. The molecule has 4 aliphatic heterocycles. The average Bonchev–Trinajstić information content (AvgIpc) is 3.58. The number of imide groups is 4. The van der Waals surface area contributed by atoms with Crippen molar-refractivity contribution in [3.8, 4) is 11.1 Å². The highest BCUT2D eigenvalue weighted by atomic mass is 16.2. The number of rotatable bonds is 5. The predicted octanol–water partition coefficient (Wildman–Crippen LogP) is 6.26. The molecule has 4 saturated heterocycles. The number of likely N-dealkylation sites (tertiary alicyclic amines) is 2. The summed E-state index contributed by atoms with van der Waals surface area (Å²) in [7, 11) is 1.23. The van der Waals surface area contributed by atoms with Crippen molar-refractivity contribution in [2.75, 3.05) is 23.4 Å². The molecular weight excluding hydrogens is 737 g/mol. The molecule has 0 unspecified atom stereocenters. The molecule has 4 aromatic rings. The van der Waals surface area contributed by atoms with E-state index in [9.17, 15) is 38.4 Å². The Hall–Kier alpha value is -6.56. The summed E-state index contributed by atoms with van der Waals surface area (Å²) in [6, 6.07) is 29.3. The Kier molecular flexibility index (Phi) is 11.6. The zero-order chi connectivity index (χ0) is 43.1. The Bertz CT molecular complexity index is 2250. The highest BCUT2D eigenvalue weighted by Crippen LogP contribution is 2.57. The maximum Gasteiger partial charge on any atom is 0.285 e. The van der Waals surface area contributed by atoms with Gasteiger partial charge in [-0.2, -0.15) is 0 Å². The van der Waals surface area contributed by atoms with E-state index in [1.165, 1.54) is 7.05 Å². The van der Waals surface area contributed by atoms with Gasteiger partial charge in [-0.1, -0.05) is 128 Å². The fourth-order valence-electron chi connectivity index (χ4n) is 8.33. The molecule has 0 N–H and O–H groups in total. The second-order valence-corrected chi connectivity index (χ2v) is 12.9. The fraction of sp³-hybridized carbons (Fsp3) is 0.304. The SMILES string of the molecule is CC.CC.CC.CC.CCN1C(=O)C2(C1=O)C(=O)N(c1ccc(C3(c4ccc(N5C(=O)C6(C(=O)N(C)C6=O)C5=O)cc4)c4ccccc4-c4ccccc43)cc1)C2=O. The van der Waals surface area contributed by atoms with Crippen LogP contribution < -0.4 is 9.80 Å². The predicted molar refractivity (Wildman–Crippen MR) is 219 cm³/mol. The molecule has 8 amide bonds. The van der Waals surface area contributed by atoms with Crippen LogP contribution >= 0.6 is 0 Å². The average molecular weight is 785 g/mol. The summed E-state index contributed by atoms with van der Waals surface area (Å²) >= 11 is 0. The van der Waals surface area contributed by atoms with Crippen LogP contribution in [0.4, 0.5) is 11.4 Å². The molecule has 0 radical (unpaired) electrons. The van der Waals surface area contributed by atoms with E-state index in [1.807, 2.05) is 104 Å². The van der Waals surface area contributed by atoms with E-state index in [0.717, 1.165) is 53.0 Å². The molecule has 300 valence electrons. The van der Waals surface area contributed by atoms with Crippen LogP contribution in [0.5, 0.6) is 0 Å². The van der Waals surface area contributed by atoms with Crippen LogP contribution in [-0.4, -0.2) is 70.6 Å². The van der Waals surface area contributed by atoms with Crippen LogP contribution in [0.2, 0.25) is 0 Å². The number of nitrogens with zero attached hydrogens (tertiary/aromatic N) is 4. The molecule has 2 spiro atoms. The number of amides is 8. The van der Waals surface area contributed by atoms with Crippen molar-refractivity contribution in [3.05, 3.63) is 119 Å². The number of benzene rings is 4. The lowest BCUT2D eigenvalue weighted by Gasteiger charge is -2.52. The minimum atomic E-state index is -2.28. The Labute approximate surface area is 338 Å². The molecule has 0 aromatic heterocycles. The Morgan fingerprint density at radius 3 is 1.03 bits per heavy atom. The quantitative estimate of drug-likeness (QED) is 0.150. The first-order valence-corrected chi connectivity index (χ1v) is 19.9. The highest BCUT2D eigenvalue weighted by molar-refractivity contribution is 6.60. The first-order valence-electron chi connectivity index (χ1n) is 19.9. The summed E-state index contributed by atoms with van der Waals surface area (Å²) < 4.78 is 0. The molecule has 4 heterocycles. The van der Waals surface area contributed by atoms with Gasteiger partial charge in [-0.25, -0.2) is 9.80 Å². The minimum Gasteiger partial charge on any atom is -0.282 e. The first-order chi connectivity index (χ1) is 28.0. The molecule has 12 heteroatoms. The van der Waals surface area contributed by atoms with Gasteiger partial charge in [0, 0.05) is 13.6 Å². The van der Waals surface area contributed by atoms with Gasteiger partial charge in [0.15, 0.2) is 0 Å². The zero-order valence-corrected chi connectivity index (χ0v) is 34.5. The molecule has 5 aliphatic rings. The van der Waals surface area contributed by atoms with Crippen LogP contribution in [0, 0.1) is 10.8 Å². The molecule has 4 fully saturated rings. The van der Waals surface area contributed by atoms with Crippen LogP contribution in [0.15, 0.2) is 97.1 Å². The number of carbonyl (C=O) groups is 8. The van der Waals surface area contributed by atoms with Crippen molar-refractivity contribution in [1.29, 1.82) is 0 Å². The molecular formula is C46H48N4O8. The Balaban J connectivity index is 0.000000757. The Morgan fingerprint density at radius 1 is 0.397 bits per heavy atom. The number of anilines is 2. The van der Waals surface area contributed by atoms with Gasteiger partial charge in [-0.15, -0.1) is 0 Å². The lowest BCUT2D eigenvalue weighted by atomic mass is 9.67. The summed E-state index contributed by atoms with van der Waals surface area (Å²) in [5, 5.41) is 0. The second-order valence-electron chi connectivity index (χ2n) is 12.9. The van der Waals surface area contributed by atoms with E-state index in [0.29, 0.717) is 0 Å². The number of fused-ring (bicyclic) bond motifs is 3. The molecule has 0 atom stereocenters. The summed E-state index contributed by atoms with van der Waals surface area (Å²) in [6.07, 6.45) is 0. The number of β-lactam (4-membered cyclic amide) rings is 8.